The Labute approximate surface area is 463 Å². The van der Waals surface area contributed by atoms with Crippen molar-refractivity contribution in [3.05, 3.63) is 85.1 Å². The van der Waals surface area contributed by atoms with Crippen LogP contribution in [-0.4, -0.2) is 69.4 Å². The van der Waals surface area contributed by atoms with Crippen LogP contribution in [-0.2, 0) is 27.9 Å². The number of nitrogens with zero attached hydrogens (tertiary/aromatic N) is 1. The summed E-state index contributed by atoms with van der Waals surface area (Å²) in [6, 6.07) is -0.916. The van der Waals surface area contributed by atoms with Gasteiger partial charge in [0.15, 0.2) is 0 Å². The summed E-state index contributed by atoms with van der Waals surface area (Å²) in [5.74, 6) is -0.611. The predicted octanol–water partition coefficient (Wildman–Crippen LogP) is 18.4. The molecular weight excluding hydrogens is 952 g/mol. The van der Waals surface area contributed by atoms with Crippen LogP contribution in [0.15, 0.2) is 85.1 Å². The third-order valence-electron chi connectivity index (χ3n) is 13.3. The standard InChI is InChI=1S/C65H117N2O7P/c1-7-10-13-16-19-22-25-28-30-32-33-35-36-39-42-45-48-51-54-57-64(68)66-62(61-73-75(70,71)72-60-59-67(4,5)6)63(56-53-50-47-44-41-38-27-24-21-18-15-12-9-3)74-65(69)58-55-52-49-46-43-40-37-34-31-29-26-23-20-17-14-11-8-2/h11,14,20,23,28-31,37,40,46,49,53,56,62-63H,7-10,12-13,15-19,21-22,24-27,32-36,38-39,41-45,47-48,50-52,54-55,57-61H2,1-6H3,(H-,66,68,70,71)/b14-11-,23-20-,30-28+,31-29-,40-37-,49-46-,56-53+. The SMILES string of the molecule is CC/C=C\C/C=C\C/C=C\C/C=C\C/C=C\CCCC(=O)OC(/C=C/CCCCCCCCCCCCC)C(COP(=O)([O-])OCC[N+](C)(C)C)NC(=O)CCCCCCCCCCC/C=C/CCCCCCCC. The molecule has 75 heavy (non-hydrogen) atoms. The maximum Gasteiger partial charge on any atom is 0.306 e. The molecule has 0 aromatic heterocycles. The van der Waals surface area contributed by atoms with Gasteiger partial charge in [-0.1, -0.05) is 241 Å². The Balaban J connectivity index is 5.38. The van der Waals surface area contributed by atoms with Crippen LogP contribution < -0.4 is 10.2 Å². The first-order valence-electron chi connectivity index (χ1n) is 30.9. The molecule has 1 N–H and O–H groups in total. The number of esters is 1. The smallest absolute Gasteiger partial charge is 0.306 e. The van der Waals surface area contributed by atoms with Gasteiger partial charge in [-0.2, -0.15) is 0 Å². The van der Waals surface area contributed by atoms with E-state index in [2.05, 4.69) is 99.0 Å². The number of nitrogens with one attached hydrogen (secondary N) is 1. The van der Waals surface area contributed by atoms with E-state index < -0.39 is 32.5 Å². The Morgan fingerprint density at radius 1 is 0.480 bits per heavy atom. The normalized spacial score (nSPS) is 14.3. The number of allylic oxidation sites excluding steroid dienone is 13. The highest BCUT2D eigenvalue weighted by Crippen LogP contribution is 2.38. The van der Waals surface area contributed by atoms with Crippen molar-refractivity contribution in [3.8, 4) is 0 Å². The van der Waals surface area contributed by atoms with Crippen LogP contribution >= 0.6 is 7.82 Å². The van der Waals surface area contributed by atoms with E-state index in [0.717, 1.165) is 83.5 Å². The summed E-state index contributed by atoms with van der Waals surface area (Å²) in [6.07, 6.45) is 71.3. The number of phosphoric acid groups is 1. The highest BCUT2D eigenvalue weighted by atomic mass is 31.2. The first-order valence-corrected chi connectivity index (χ1v) is 32.4. The molecule has 0 saturated carbocycles. The third-order valence-corrected chi connectivity index (χ3v) is 14.3. The molecule has 0 aromatic rings. The molecule has 0 rings (SSSR count). The summed E-state index contributed by atoms with van der Waals surface area (Å²) in [4.78, 5) is 40.0. The van der Waals surface area contributed by atoms with Crippen molar-refractivity contribution >= 4 is 19.7 Å². The molecule has 3 unspecified atom stereocenters. The van der Waals surface area contributed by atoms with E-state index in [4.69, 9.17) is 13.8 Å². The number of hydrogen-bond acceptors (Lipinski definition) is 7. The van der Waals surface area contributed by atoms with Crippen molar-refractivity contribution in [1.82, 2.24) is 5.32 Å². The maximum atomic E-state index is 13.5. The second kappa shape index (κ2) is 54.5. The first-order chi connectivity index (χ1) is 36.4. The minimum Gasteiger partial charge on any atom is -0.756 e. The zero-order valence-electron chi connectivity index (χ0n) is 49.5. The average molecular weight is 1070 g/mol. The van der Waals surface area contributed by atoms with Crippen molar-refractivity contribution in [2.24, 2.45) is 0 Å². The third kappa shape index (κ3) is 55.7. The Kier molecular flexibility index (Phi) is 52.5. The largest absolute Gasteiger partial charge is 0.756 e. The van der Waals surface area contributed by atoms with Gasteiger partial charge in [0.25, 0.3) is 7.82 Å². The number of quaternary nitrogens is 1. The lowest BCUT2D eigenvalue weighted by Gasteiger charge is -2.30. The Morgan fingerprint density at radius 3 is 1.32 bits per heavy atom. The van der Waals surface area contributed by atoms with E-state index in [1.54, 1.807) is 0 Å². The molecule has 3 atom stereocenters. The van der Waals surface area contributed by atoms with Crippen molar-refractivity contribution < 1.29 is 37.3 Å². The van der Waals surface area contributed by atoms with E-state index in [1.165, 1.54) is 141 Å². The molecule has 0 aromatic carbocycles. The van der Waals surface area contributed by atoms with Gasteiger partial charge in [-0.15, -0.1) is 0 Å². The number of unbranched alkanes of at least 4 members (excludes halogenated alkanes) is 27. The lowest BCUT2D eigenvalue weighted by molar-refractivity contribution is -0.870. The van der Waals surface area contributed by atoms with Crippen molar-refractivity contribution in [1.29, 1.82) is 0 Å². The van der Waals surface area contributed by atoms with Gasteiger partial charge >= 0.3 is 5.97 Å². The van der Waals surface area contributed by atoms with E-state index in [0.29, 0.717) is 23.9 Å². The minimum atomic E-state index is -4.71. The molecule has 0 aliphatic heterocycles. The molecule has 0 radical (unpaired) electrons. The fourth-order valence-electron chi connectivity index (χ4n) is 8.55. The number of amides is 1. The van der Waals surface area contributed by atoms with E-state index >= 15 is 0 Å². The van der Waals surface area contributed by atoms with Crippen molar-refractivity contribution in [2.75, 3.05) is 40.9 Å². The second-order valence-corrected chi connectivity index (χ2v) is 23.2. The monoisotopic (exact) mass is 1070 g/mol. The van der Waals surface area contributed by atoms with Gasteiger partial charge in [0.2, 0.25) is 5.91 Å². The summed E-state index contributed by atoms with van der Waals surface area (Å²) in [7, 11) is 1.15. The molecule has 0 aliphatic rings. The average Bonchev–Trinajstić information content (AvgIpc) is 3.37. The molecular formula is C65H117N2O7P. The van der Waals surface area contributed by atoms with E-state index in [9.17, 15) is 19.0 Å². The molecule has 434 valence electrons. The van der Waals surface area contributed by atoms with Gasteiger partial charge in [0.05, 0.1) is 33.8 Å². The summed E-state index contributed by atoms with van der Waals surface area (Å²) in [6.45, 7) is 6.69. The molecule has 0 spiro atoms. The molecule has 0 saturated heterocycles. The Morgan fingerprint density at radius 2 is 0.867 bits per heavy atom. The van der Waals surface area contributed by atoms with Crippen LogP contribution in [0.1, 0.15) is 265 Å². The molecule has 1 amide bonds. The number of rotatable bonds is 55. The zero-order chi connectivity index (χ0) is 55.0. The van der Waals surface area contributed by atoms with Gasteiger partial charge in [-0.25, -0.2) is 0 Å². The summed E-state index contributed by atoms with van der Waals surface area (Å²) >= 11 is 0. The summed E-state index contributed by atoms with van der Waals surface area (Å²) < 4.78 is 30.3. The highest BCUT2D eigenvalue weighted by molar-refractivity contribution is 7.45. The lowest BCUT2D eigenvalue weighted by Crippen LogP contribution is -2.47. The van der Waals surface area contributed by atoms with Gasteiger partial charge in [-0.05, 0) is 96.0 Å². The zero-order valence-corrected chi connectivity index (χ0v) is 50.4. The van der Waals surface area contributed by atoms with Crippen LogP contribution in [0, 0.1) is 0 Å². The number of hydrogen-bond donors (Lipinski definition) is 1. The van der Waals surface area contributed by atoms with Crippen LogP contribution in [0.25, 0.3) is 0 Å². The molecule has 0 fully saturated rings. The van der Waals surface area contributed by atoms with Crippen LogP contribution in [0.3, 0.4) is 0 Å². The molecule has 10 heteroatoms. The Hall–Kier alpha value is -2.81. The number of likely N-dealkylation sites (N-methyl/N-ethyl adjacent to an activating group) is 1. The summed E-state index contributed by atoms with van der Waals surface area (Å²) in [5.41, 5.74) is 0. The maximum absolute atomic E-state index is 13.5. The minimum absolute atomic E-state index is 0.0343. The fourth-order valence-corrected chi connectivity index (χ4v) is 9.28. The highest BCUT2D eigenvalue weighted by Gasteiger charge is 2.27. The van der Waals surface area contributed by atoms with Gasteiger partial charge in [0, 0.05) is 12.8 Å². The summed E-state index contributed by atoms with van der Waals surface area (Å²) in [5, 5.41) is 3.01. The number of phosphoric ester groups is 1. The van der Waals surface area contributed by atoms with Gasteiger partial charge in [-0.3, -0.25) is 14.2 Å². The van der Waals surface area contributed by atoms with E-state index in [-0.39, 0.29) is 18.9 Å². The van der Waals surface area contributed by atoms with Gasteiger partial charge in [0.1, 0.15) is 19.3 Å². The number of carbonyl (C=O) groups is 2. The fraction of sp³-hybridized carbons (Fsp3) is 0.754. The topological polar surface area (TPSA) is 114 Å². The molecule has 0 heterocycles. The molecule has 9 nitrogen and oxygen atoms in total. The lowest BCUT2D eigenvalue weighted by atomic mass is 10.0. The van der Waals surface area contributed by atoms with Crippen LogP contribution in [0.5, 0.6) is 0 Å². The molecule has 0 bridgehead atoms. The van der Waals surface area contributed by atoms with Crippen molar-refractivity contribution in [3.63, 3.8) is 0 Å². The predicted molar refractivity (Wildman–Crippen MR) is 321 cm³/mol. The quantitative estimate of drug-likeness (QED) is 0.0212. The second-order valence-electron chi connectivity index (χ2n) is 21.8. The van der Waals surface area contributed by atoms with Crippen molar-refractivity contribution in [2.45, 2.75) is 277 Å². The number of ether oxygens (including phenoxy) is 1. The van der Waals surface area contributed by atoms with Crippen LogP contribution in [0.2, 0.25) is 0 Å². The number of carbonyl (C=O) groups excluding carboxylic acids is 2. The molecule has 0 aliphatic carbocycles. The van der Waals surface area contributed by atoms with Crippen LogP contribution in [0.4, 0.5) is 0 Å². The Bertz CT molecular complexity index is 1560. The first kappa shape index (κ1) is 72.2. The van der Waals surface area contributed by atoms with Gasteiger partial charge < -0.3 is 28.5 Å². The van der Waals surface area contributed by atoms with E-state index in [1.807, 2.05) is 33.3 Å².